The van der Waals surface area contributed by atoms with Crippen LogP contribution in [0.5, 0.6) is 5.75 Å². The van der Waals surface area contributed by atoms with Crippen LogP contribution in [0.2, 0.25) is 0 Å². The monoisotopic (exact) mass is 711 g/mol. The number of nitrogens with zero attached hydrogens (tertiary/aromatic N) is 2. The molecule has 4 rings (SSSR count). The number of hydrogen-bond donors (Lipinski definition) is 3. The number of benzene rings is 1. The van der Waals surface area contributed by atoms with Crippen molar-refractivity contribution in [2.75, 3.05) is 13.2 Å². The summed E-state index contributed by atoms with van der Waals surface area (Å²) >= 11 is 0. The van der Waals surface area contributed by atoms with E-state index in [1.165, 1.54) is 4.90 Å². The van der Waals surface area contributed by atoms with Gasteiger partial charge in [0.15, 0.2) is 5.60 Å². The van der Waals surface area contributed by atoms with Crippen LogP contribution in [0.3, 0.4) is 0 Å². The molecule has 0 aromatic heterocycles. The Morgan fingerprint density at radius 2 is 1.67 bits per heavy atom. The zero-order chi connectivity index (χ0) is 37.7. The number of alkyl carbamates (subject to hydrolysis) is 1. The largest absolute Gasteiger partial charge is 0.493 e. The highest BCUT2D eigenvalue weighted by Gasteiger charge is 2.56. The van der Waals surface area contributed by atoms with E-state index in [0.717, 1.165) is 35.3 Å². The van der Waals surface area contributed by atoms with Crippen molar-refractivity contribution < 1.29 is 38.3 Å². The van der Waals surface area contributed by atoms with Crippen LogP contribution >= 0.6 is 0 Å². The predicted octanol–water partition coefficient (Wildman–Crippen LogP) is 4.63. The first kappa shape index (κ1) is 39.6. The number of hydrogen-bond acceptors (Lipinski definition) is 9. The van der Waals surface area contributed by atoms with E-state index in [1.54, 1.807) is 0 Å². The summed E-state index contributed by atoms with van der Waals surface area (Å²) in [6, 6.07) is 0.765. The van der Waals surface area contributed by atoms with Gasteiger partial charge in [-0.25, -0.2) is 4.79 Å². The average molecular weight is 712 g/mol. The topological polar surface area (TPSA) is 165 Å². The van der Waals surface area contributed by atoms with Crippen LogP contribution in [0.25, 0.3) is 0 Å². The maximum Gasteiger partial charge on any atom is 0.408 e. The molecule has 2 heterocycles. The third-order valence-corrected chi connectivity index (χ3v) is 9.81. The van der Waals surface area contributed by atoms with Gasteiger partial charge >= 0.3 is 6.09 Å². The molecule has 1 spiro atoms. The van der Waals surface area contributed by atoms with Crippen LogP contribution in [0.1, 0.15) is 117 Å². The van der Waals surface area contributed by atoms with E-state index in [1.807, 2.05) is 74.4 Å². The Labute approximate surface area is 301 Å². The van der Waals surface area contributed by atoms with E-state index >= 15 is 0 Å². The Hall–Kier alpha value is -4.16. The summed E-state index contributed by atoms with van der Waals surface area (Å²) in [6.07, 6.45) is 3.06. The van der Waals surface area contributed by atoms with Crippen LogP contribution in [0.15, 0.2) is 17.3 Å². The van der Waals surface area contributed by atoms with Gasteiger partial charge in [0.2, 0.25) is 17.6 Å². The van der Waals surface area contributed by atoms with E-state index in [0.29, 0.717) is 38.0 Å². The van der Waals surface area contributed by atoms with E-state index in [9.17, 15) is 24.0 Å². The lowest BCUT2D eigenvalue weighted by atomic mass is 9.85. The maximum absolute atomic E-state index is 14.6. The van der Waals surface area contributed by atoms with Gasteiger partial charge in [-0.05, 0) is 81.5 Å². The molecule has 0 unspecified atom stereocenters. The van der Waals surface area contributed by atoms with Crippen molar-refractivity contribution in [1.29, 1.82) is 0 Å². The molecule has 0 bridgehead atoms. The van der Waals surface area contributed by atoms with Crippen molar-refractivity contribution in [2.24, 2.45) is 10.6 Å². The number of nitrogens with one attached hydrogen (secondary N) is 3. The van der Waals surface area contributed by atoms with Gasteiger partial charge in [-0.1, -0.05) is 53.1 Å². The Kier molecular flexibility index (Phi) is 12.8. The molecule has 3 N–H and O–H groups in total. The predicted molar refractivity (Wildman–Crippen MR) is 192 cm³/mol. The molecule has 0 radical (unpaired) electrons. The van der Waals surface area contributed by atoms with Crippen LogP contribution in [-0.2, 0) is 28.8 Å². The number of carbonyl (C=O) groups excluding carboxylic acids is 5. The minimum atomic E-state index is -1.07. The summed E-state index contributed by atoms with van der Waals surface area (Å²) in [4.78, 5) is 75.3. The number of oxime groups is 1. The maximum atomic E-state index is 14.6. The molecule has 51 heavy (non-hydrogen) atoms. The first-order valence-corrected chi connectivity index (χ1v) is 18.5. The Morgan fingerprint density at radius 1 is 1.02 bits per heavy atom. The molecule has 2 aliphatic heterocycles. The molecule has 13 nitrogen and oxygen atoms in total. The van der Waals surface area contributed by atoms with Gasteiger partial charge in [-0.15, -0.1) is 0 Å². The smallest absolute Gasteiger partial charge is 0.408 e. The Morgan fingerprint density at radius 3 is 2.22 bits per heavy atom. The summed E-state index contributed by atoms with van der Waals surface area (Å²) < 4.78 is 11.4. The number of aryl methyl sites for hydroxylation is 2. The third-order valence-electron chi connectivity index (χ3n) is 9.81. The van der Waals surface area contributed by atoms with E-state index in [-0.39, 0.29) is 31.5 Å². The minimum absolute atomic E-state index is 0.0102. The zero-order valence-electron chi connectivity index (χ0n) is 31.8. The summed E-state index contributed by atoms with van der Waals surface area (Å²) in [5.41, 5.74) is 1.62. The molecule has 1 saturated heterocycles. The van der Waals surface area contributed by atoms with Crippen molar-refractivity contribution in [1.82, 2.24) is 20.9 Å². The number of ether oxygens (including phenoxy) is 2. The molecule has 4 atom stereocenters. The van der Waals surface area contributed by atoms with E-state index < -0.39 is 58.7 Å². The van der Waals surface area contributed by atoms with Crippen LogP contribution in [0, 0.1) is 19.3 Å². The highest BCUT2D eigenvalue weighted by molar-refractivity contribution is 6.38. The van der Waals surface area contributed by atoms with E-state index in [2.05, 4.69) is 21.1 Å². The number of ketones is 1. The van der Waals surface area contributed by atoms with Crippen molar-refractivity contribution in [3.63, 3.8) is 0 Å². The minimum Gasteiger partial charge on any atom is -0.493 e. The standard InChI is InChI=1S/C38H57N5O8/c1-10-14-27(30(44)34(46)39-25-15-16-25)40-33(45)29-20-38(19-28(42-51-38)24-17-22(5)31(49-13-4)23(6)18-24)21-43(29)35(47)32(37(7,8)9)41-36(48)50-26(11-2)12-3/h17-18,25-27,29,32H,10-16,19-21H2,1-9H3,(H,39,46)(H,40,45)(H,41,48)/t27-,29-,32+,38+/m0/s1. The quantitative estimate of drug-likeness (QED) is 0.222. The van der Waals surface area contributed by atoms with Crippen molar-refractivity contribution in [2.45, 2.75) is 150 Å². The molecule has 4 amide bonds. The van der Waals surface area contributed by atoms with E-state index in [4.69, 9.17) is 14.3 Å². The second kappa shape index (κ2) is 16.5. The Bertz CT molecular complexity index is 1490. The molecule has 282 valence electrons. The molecular weight excluding hydrogens is 654 g/mol. The number of Topliss-reactive ketones (excluding diaryl/α,β-unsaturated/α-hetero) is 1. The highest BCUT2D eigenvalue weighted by Crippen LogP contribution is 2.41. The summed E-state index contributed by atoms with van der Waals surface area (Å²) in [5.74, 6) is -1.70. The SMILES string of the molecule is CCC[C@H](NC(=O)[C@@H]1C[C@]2(CC(c3cc(C)c(OCC)c(C)c3)=NO2)CN1C(=O)[C@@H](NC(=O)OC(CC)CC)C(C)(C)C)C(=O)C(=O)NC1CC1. The molecule has 1 aromatic rings. The summed E-state index contributed by atoms with van der Waals surface area (Å²) in [6.45, 7) is 17.6. The molecule has 13 heteroatoms. The lowest BCUT2D eigenvalue weighted by Crippen LogP contribution is -2.59. The second-order valence-corrected chi connectivity index (χ2v) is 15.3. The van der Waals surface area contributed by atoms with Gasteiger partial charge < -0.3 is 35.2 Å². The van der Waals surface area contributed by atoms with Gasteiger partial charge in [-0.2, -0.15) is 0 Å². The van der Waals surface area contributed by atoms with Crippen molar-refractivity contribution >= 4 is 35.3 Å². The number of likely N-dealkylation sites (tertiary alicyclic amines) is 1. The normalized spacial score (nSPS) is 21.1. The molecule has 1 saturated carbocycles. The lowest BCUT2D eigenvalue weighted by molar-refractivity contribution is -0.144. The van der Waals surface area contributed by atoms with Crippen LogP contribution in [0.4, 0.5) is 4.79 Å². The number of rotatable bonds is 15. The zero-order valence-corrected chi connectivity index (χ0v) is 31.8. The van der Waals surface area contributed by atoms with Gasteiger partial charge in [0.25, 0.3) is 5.91 Å². The molecule has 3 aliphatic rings. The van der Waals surface area contributed by atoms with Crippen LogP contribution < -0.4 is 20.7 Å². The Balaban J connectivity index is 1.63. The number of amides is 4. The fourth-order valence-corrected chi connectivity index (χ4v) is 6.81. The van der Waals surface area contributed by atoms with Crippen LogP contribution in [-0.4, -0.2) is 89.2 Å². The lowest BCUT2D eigenvalue weighted by Gasteiger charge is -2.35. The van der Waals surface area contributed by atoms with Gasteiger partial charge in [0, 0.05) is 24.4 Å². The summed E-state index contributed by atoms with van der Waals surface area (Å²) in [5, 5.41) is 12.8. The van der Waals surface area contributed by atoms with Crippen molar-refractivity contribution in [3.8, 4) is 5.75 Å². The molecule has 1 aromatic carbocycles. The van der Waals surface area contributed by atoms with Gasteiger partial charge in [0.05, 0.1) is 24.9 Å². The van der Waals surface area contributed by atoms with Gasteiger partial charge in [-0.3, -0.25) is 19.2 Å². The highest BCUT2D eigenvalue weighted by atomic mass is 16.7. The average Bonchev–Trinajstić information content (AvgIpc) is 3.67. The molecule has 2 fully saturated rings. The second-order valence-electron chi connectivity index (χ2n) is 15.3. The fourth-order valence-electron chi connectivity index (χ4n) is 6.81. The fraction of sp³-hybridized carbons (Fsp3) is 0.684. The third kappa shape index (κ3) is 9.59. The molecule has 1 aliphatic carbocycles. The first-order chi connectivity index (χ1) is 24.1. The molecular formula is C38H57N5O8. The first-order valence-electron chi connectivity index (χ1n) is 18.5. The number of carbonyl (C=O) groups is 5. The van der Waals surface area contributed by atoms with Gasteiger partial charge in [0.1, 0.15) is 23.9 Å². The summed E-state index contributed by atoms with van der Waals surface area (Å²) in [7, 11) is 0. The van der Waals surface area contributed by atoms with Crippen molar-refractivity contribution in [3.05, 3.63) is 28.8 Å².